The molecule has 2 rings (SSSR count). The van der Waals surface area contributed by atoms with Crippen molar-refractivity contribution >= 4 is 40.5 Å². The maximum absolute atomic E-state index is 12.2. The summed E-state index contributed by atoms with van der Waals surface area (Å²) < 4.78 is 4.67. The maximum Gasteiger partial charge on any atom is 0.337 e. The average molecular weight is 390 g/mol. The Hall–Kier alpha value is -2.73. The average Bonchev–Trinajstić information content (AvgIpc) is 2.69. The fourth-order valence-corrected chi connectivity index (χ4v) is 2.79. The predicted octanol–water partition coefficient (Wildman–Crippen LogP) is 4.02. The molecule has 0 aliphatic rings. The Balaban J connectivity index is 1.95. The number of nitrogens with zero attached hydrogens (tertiary/aromatic N) is 1. The van der Waals surface area contributed by atoms with Crippen LogP contribution in [0.2, 0.25) is 5.02 Å². The number of anilines is 3. The second-order valence-electron chi connectivity index (χ2n) is 5.81. The van der Waals surface area contributed by atoms with Crippen LogP contribution < -0.4 is 15.5 Å². The second-order valence-corrected chi connectivity index (χ2v) is 6.21. The second kappa shape index (κ2) is 9.83. The number of hydrogen-bond donors (Lipinski definition) is 2. The molecule has 0 saturated carbocycles. The molecule has 0 radical (unpaired) electrons. The van der Waals surface area contributed by atoms with Crippen LogP contribution in [0.3, 0.4) is 0 Å². The Bertz CT molecular complexity index is 790. The summed E-state index contributed by atoms with van der Waals surface area (Å²) in [4.78, 5) is 26.0. The molecule has 6 nitrogen and oxygen atoms in total. The lowest BCUT2D eigenvalue weighted by atomic mass is 10.2. The summed E-state index contributed by atoms with van der Waals surface area (Å²) in [5.74, 6) is -0.764. The van der Waals surface area contributed by atoms with Gasteiger partial charge in [-0.2, -0.15) is 0 Å². The molecule has 27 heavy (non-hydrogen) atoms. The van der Waals surface area contributed by atoms with Crippen molar-refractivity contribution in [3.8, 4) is 0 Å². The van der Waals surface area contributed by atoms with Gasteiger partial charge in [-0.25, -0.2) is 4.79 Å². The topological polar surface area (TPSA) is 70.7 Å². The minimum absolute atomic E-state index is 0.0728. The number of nitrogens with one attached hydrogen (secondary N) is 2. The van der Waals surface area contributed by atoms with E-state index in [1.807, 2.05) is 24.3 Å². The first kappa shape index (κ1) is 20.6. The Kier molecular flexibility index (Phi) is 7.49. The van der Waals surface area contributed by atoms with Crippen molar-refractivity contribution in [1.29, 1.82) is 0 Å². The van der Waals surface area contributed by atoms with E-state index in [1.54, 1.807) is 12.1 Å². The molecule has 2 aromatic carbocycles. The van der Waals surface area contributed by atoms with Gasteiger partial charge in [-0.15, -0.1) is 0 Å². The largest absolute Gasteiger partial charge is 0.465 e. The minimum Gasteiger partial charge on any atom is -0.465 e. The van der Waals surface area contributed by atoms with Crippen molar-refractivity contribution in [2.75, 3.05) is 42.3 Å². The van der Waals surface area contributed by atoms with Crippen LogP contribution in [0.5, 0.6) is 0 Å². The highest BCUT2D eigenvalue weighted by atomic mass is 35.5. The summed E-state index contributed by atoms with van der Waals surface area (Å²) in [6.07, 6.45) is 0. The molecule has 7 heteroatoms. The van der Waals surface area contributed by atoms with E-state index in [0.29, 0.717) is 16.3 Å². The van der Waals surface area contributed by atoms with Crippen LogP contribution in [-0.2, 0) is 9.53 Å². The number of benzene rings is 2. The molecule has 0 fully saturated rings. The van der Waals surface area contributed by atoms with Crippen LogP contribution >= 0.6 is 11.6 Å². The maximum atomic E-state index is 12.2. The lowest BCUT2D eigenvalue weighted by Crippen LogP contribution is -2.23. The highest BCUT2D eigenvalue weighted by Gasteiger charge is 2.11. The van der Waals surface area contributed by atoms with E-state index >= 15 is 0 Å². The van der Waals surface area contributed by atoms with Gasteiger partial charge in [0.1, 0.15) is 0 Å². The van der Waals surface area contributed by atoms with Crippen molar-refractivity contribution in [3.05, 3.63) is 53.1 Å². The summed E-state index contributed by atoms with van der Waals surface area (Å²) in [7, 11) is 1.30. The standard InChI is InChI=1S/C20H24ClN3O3/c1-4-24(5-2)16-9-7-15(8-10-16)22-13-19(25)23-18-12-14(20(26)27-3)6-11-17(18)21/h6-12,22H,4-5,13H2,1-3H3,(H,23,25). The zero-order chi connectivity index (χ0) is 19.8. The van der Waals surface area contributed by atoms with Crippen molar-refractivity contribution in [1.82, 2.24) is 0 Å². The molecule has 0 aromatic heterocycles. The molecule has 0 spiro atoms. The van der Waals surface area contributed by atoms with Crippen molar-refractivity contribution in [2.45, 2.75) is 13.8 Å². The van der Waals surface area contributed by atoms with Crippen LogP contribution in [0.15, 0.2) is 42.5 Å². The van der Waals surface area contributed by atoms with Gasteiger partial charge in [0.25, 0.3) is 0 Å². The SMILES string of the molecule is CCN(CC)c1ccc(NCC(=O)Nc2cc(C(=O)OC)ccc2Cl)cc1. The Labute approximate surface area is 164 Å². The van der Waals surface area contributed by atoms with Crippen LogP contribution in [0, 0.1) is 0 Å². The van der Waals surface area contributed by atoms with Gasteiger partial charge in [-0.3, -0.25) is 4.79 Å². The summed E-state index contributed by atoms with van der Waals surface area (Å²) in [6.45, 7) is 6.18. The molecule has 2 aromatic rings. The molecule has 1 amide bonds. The van der Waals surface area contributed by atoms with Crippen molar-refractivity contribution in [3.63, 3.8) is 0 Å². The van der Waals surface area contributed by atoms with Crippen LogP contribution in [-0.4, -0.2) is 38.6 Å². The molecule has 0 bridgehead atoms. The van der Waals surface area contributed by atoms with E-state index in [1.165, 1.54) is 13.2 Å². The van der Waals surface area contributed by atoms with Crippen LogP contribution in [0.1, 0.15) is 24.2 Å². The fraction of sp³-hybridized carbons (Fsp3) is 0.300. The number of carbonyl (C=O) groups excluding carboxylic acids is 2. The third-order valence-electron chi connectivity index (χ3n) is 4.11. The third kappa shape index (κ3) is 5.62. The van der Waals surface area contributed by atoms with Gasteiger partial charge in [-0.1, -0.05) is 11.6 Å². The summed E-state index contributed by atoms with van der Waals surface area (Å²) in [6, 6.07) is 12.5. The van der Waals surface area contributed by atoms with E-state index < -0.39 is 5.97 Å². The Morgan fingerprint density at radius 2 is 1.74 bits per heavy atom. The van der Waals surface area contributed by atoms with E-state index in [-0.39, 0.29) is 12.5 Å². The Morgan fingerprint density at radius 3 is 2.33 bits per heavy atom. The minimum atomic E-state index is -0.492. The summed E-state index contributed by atoms with van der Waals surface area (Å²) in [5.41, 5.74) is 2.66. The zero-order valence-electron chi connectivity index (χ0n) is 15.7. The number of esters is 1. The lowest BCUT2D eigenvalue weighted by molar-refractivity contribution is -0.114. The molecule has 0 saturated heterocycles. The number of ether oxygens (including phenoxy) is 1. The van der Waals surface area contributed by atoms with Gasteiger partial charge in [0.15, 0.2) is 0 Å². The molecule has 0 unspecified atom stereocenters. The molecule has 0 atom stereocenters. The van der Waals surface area contributed by atoms with Crippen molar-refractivity contribution in [2.24, 2.45) is 0 Å². The number of amides is 1. The molecule has 0 aliphatic heterocycles. The Morgan fingerprint density at radius 1 is 1.07 bits per heavy atom. The van der Waals surface area contributed by atoms with Crippen LogP contribution in [0.25, 0.3) is 0 Å². The van der Waals surface area contributed by atoms with Gasteiger partial charge < -0.3 is 20.3 Å². The highest BCUT2D eigenvalue weighted by molar-refractivity contribution is 6.33. The smallest absolute Gasteiger partial charge is 0.337 e. The first-order valence-corrected chi connectivity index (χ1v) is 9.12. The first-order chi connectivity index (χ1) is 13.0. The number of methoxy groups -OCH3 is 1. The number of halogens is 1. The predicted molar refractivity (Wildman–Crippen MR) is 110 cm³/mol. The van der Waals surface area contributed by atoms with Gasteiger partial charge in [0, 0.05) is 24.5 Å². The zero-order valence-corrected chi connectivity index (χ0v) is 16.5. The molecular weight excluding hydrogens is 366 g/mol. The van der Waals surface area contributed by atoms with Gasteiger partial charge in [-0.05, 0) is 56.3 Å². The molecule has 2 N–H and O–H groups in total. The fourth-order valence-electron chi connectivity index (χ4n) is 2.62. The normalized spacial score (nSPS) is 10.2. The molecule has 0 aliphatic carbocycles. The van der Waals surface area contributed by atoms with Gasteiger partial charge in [0.05, 0.1) is 29.9 Å². The number of hydrogen-bond acceptors (Lipinski definition) is 5. The summed E-state index contributed by atoms with van der Waals surface area (Å²) >= 11 is 6.09. The quantitative estimate of drug-likeness (QED) is 0.667. The van der Waals surface area contributed by atoms with E-state index in [0.717, 1.165) is 24.5 Å². The van der Waals surface area contributed by atoms with Gasteiger partial charge in [0.2, 0.25) is 5.91 Å². The molecule has 144 valence electrons. The number of rotatable bonds is 8. The van der Waals surface area contributed by atoms with Crippen LogP contribution in [0.4, 0.5) is 17.1 Å². The summed E-state index contributed by atoms with van der Waals surface area (Å²) in [5, 5.41) is 6.11. The van der Waals surface area contributed by atoms with Crippen molar-refractivity contribution < 1.29 is 14.3 Å². The molecular formula is C20H24ClN3O3. The third-order valence-corrected chi connectivity index (χ3v) is 4.44. The first-order valence-electron chi connectivity index (χ1n) is 8.75. The molecule has 0 heterocycles. The van der Waals surface area contributed by atoms with E-state index in [9.17, 15) is 9.59 Å². The lowest BCUT2D eigenvalue weighted by Gasteiger charge is -2.21. The monoisotopic (exact) mass is 389 g/mol. The van der Waals surface area contributed by atoms with E-state index in [2.05, 4.69) is 34.1 Å². The highest BCUT2D eigenvalue weighted by Crippen LogP contribution is 2.23. The number of carbonyl (C=O) groups is 2. The van der Waals surface area contributed by atoms with E-state index in [4.69, 9.17) is 11.6 Å². The van der Waals surface area contributed by atoms with Gasteiger partial charge >= 0.3 is 5.97 Å².